The Morgan fingerprint density at radius 1 is 1.21 bits per heavy atom. The third-order valence-electron chi connectivity index (χ3n) is 5.01. The molecule has 134 valence electrons. The monoisotopic (exact) mass is 352 g/mol. The van der Waals surface area contributed by atoms with E-state index < -0.39 is 0 Å². The molecule has 5 nitrogen and oxygen atoms in total. The standard InChI is InChI=1S/C18H28N4O.ClH/c1-2-19-13-14-8-10-22(11-9-14)18(23)17-12-16(20-21-17)15-6-4-3-5-7-15;/h3-7,14,16-17,19-21H,2,8-13H2,1H3;1H. The van der Waals surface area contributed by atoms with Crippen molar-refractivity contribution in [2.75, 3.05) is 26.2 Å². The summed E-state index contributed by atoms with van der Waals surface area (Å²) < 4.78 is 0. The summed E-state index contributed by atoms with van der Waals surface area (Å²) in [7, 11) is 0. The highest BCUT2D eigenvalue weighted by Gasteiger charge is 2.34. The van der Waals surface area contributed by atoms with Gasteiger partial charge in [-0.3, -0.25) is 4.79 Å². The molecule has 2 saturated heterocycles. The first-order valence-electron chi connectivity index (χ1n) is 8.83. The van der Waals surface area contributed by atoms with Crippen molar-refractivity contribution >= 4 is 18.3 Å². The van der Waals surface area contributed by atoms with Crippen LogP contribution in [-0.2, 0) is 4.79 Å². The minimum absolute atomic E-state index is 0. The Hall–Kier alpha value is -1.14. The second kappa shape index (κ2) is 9.37. The van der Waals surface area contributed by atoms with Gasteiger partial charge in [-0.05, 0) is 43.8 Å². The fraction of sp³-hybridized carbons (Fsp3) is 0.611. The van der Waals surface area contributed by atoms with Crippen LogP contribution in [0.15, 0.2) is 30.3 Å². The van der Waals surface area contributed by atoms with Gasteiger partial charge >= 0.3 is 0 Å². The van der Waals surface area contributed by atoms with Crippen LogP contribution in [0.25, 0.3) is 0 Å². The number of amides is 1. The number of benzene rings is 1. The lowest BCUT2D eigenvalue weighted by molar-refractivity contribution is -0.134. The van der Waals surface area contributed by atoms with Gasteiger partial charge in [-0.15, -0.1) is 12.4 Å². The number of hydrogen-bond acceptors (Lipinski definition) is 4. The number of nitrogens with zero attached hydrogens (tertiary/aromatic N) is 1. The van der Waals surface area contributed by atoms with Crippen LogP contribution in [0.5, 0.6) is 0 Å². The molecule has 2 unspecified atom stereocenters. The van der Waals surface area contributed by atoms with Gasteiger partial charge < -0.3 is 10.2 Å². The van der Waals surface area contributed by atoms with Crippen molar-refractivity contribution in [1.29, 1.82) is 0 Å². The molecule has 2 aliphatic rings. The number of nitrogens with one attached hydrogen (secondary N) is 3. The summed E-state index contributed by atoms with van der Waals surface area (Å²) in [5.41, 5.74) is 7.70. The molecule has 2 heterocycles. The highest BCUT2D eigenvalue weighted by atomic mass is 35.5. The lowest BCUT2D eigenvalue weighted by Gasteiger charge is -2.33. The predicted octanol–water partition coefficient (Wildman–Crippen LogP) is 1.86. The quantitative estimate of drug-likeness (QED) is 0.757. The van der Waals surface area contributed by atoms with Gasteiger partial charge in [-0.25, -0.2) is 10.9 Å². The van der Waals surface area contributed by atoms with Crippen LogP contribution < -0.4 is 16.2 Å². The molecule has 24 heavy (non-hydrogen) atoms. The molecule has 0 aliphatic carbocycles. The molecule has 0 bridgehead atoms. The molecule has 1 aromatic rings. The number of halogens is 1. The maximum atomic E-state index is 12.7. The number of carbonyl (C=O) groups is 1. The molecule has 0 radical (unpaired) electrons. The maximum Gasteiger partial charge on any atom is 0.241 e. The predicted molar refractivity (Wildman–Crippen MR) is 99.0 cm³/mol. The van der Waals surface area contributed by atoms with E-state index in [1.54, 1.807) is 0 Å². The molecule has 1 amide bonds. The fourth-order valence-corrected chi connectivity index (χ4v) is 3.55. The van der Waals surface area contributed by atoms with Gasteiger partial charge in [0, 0.05) is 19.1 Å². The Bertz CT molecular complexity index is 505. The smallest absolute Gasteiger partial charge is 0.241 e. The molecule has 2 atom stereocenters. The first-order valence-corrected chi connectivity index (χ1v) is 8.83. The van der Waals surface area contributed by atoms with E-state index in [0.29, 0.717) is 5.92 Å². The summed E-state index contributed by atoms with van der Waals surface area (Å²) in [5.74, 6) is 0.962. The third-order valence-corrected chi connectivity index (χ3v) is 5.01. The van der Waals surface area contributed by atoms with Crippen LogP contribution in [0.2, 0.25) is 0 Å². The maximum absolute atomic E-state index is 12.7. The number of hydrazine groups is 1. The van der Waals surface area contributed by atoms with E-state index in [-0.39, 0.29) is 30.4 Å². The molecule has 0 spiro atoms. The average molecular weight is 353 g/mol. The van der Waals surface area contributed by atoms with Gasteiger partial charge in [0.2, 0.25) is 5.91 Å². The molecule has 1 aromatic carbocycles. The summed E-state index contributed by atoms with van der Waals surface area (Å²) in [4.78, 5) is 14.7. The number of hydrogen-bond donors (Lipinski definition) is 3. The zero-order valence-corrected chi connectivity index (χ0v) is 15.1. The van der Waals surface area contributed by atoms with Crippen molar-refractivity contribution in [3.8, 4) is 0 Å². The number of likely N-dealkylation sites (tertiary alicyclic amines) is 1. The summed E-state index contributed by atoms with van der Waals surface area (Å²) in [6.45, 7) is 6.03. The summed E-state index contributed by atoms with van der Waals surface area (Å²) >= 11 is 0. The Morgan fingerprint density at radius 3 is 2.58 bits per heavy atom. The van der Waals surface area contributed by atoms with Gasteiger partial charge in [-0.2, -0.15) is 0 Å². The van der Waals surface area contributed by atoms with Crippen molar-refractivity contribution in [3.63, 3.8) is 0 Å². The van der Waals surface area contributed by atoms with Crippen LogP contribution in [0, 0.1) is 5.92 Å². The normalized spacial score (nSPS) is 24.6. The van der Waals surface area contributed by atoms with Crippen molar-refractivity contribution in [3.05, 3.63) is 35.9 Å². The zero-order chi connectivity index (χ0) is 16.1. The zero-order valence-electron chi connectivity index (χ0n) is 14.3. The largest absolute Gasteiger partial charge is 0.341 e. The molecule has 2 fully saturated rings. The van der Waals surface area contributed by atoms with Crippen LogP contribution >= 0.6 is 12.4 Å². The molecule has 3 N–H and O–H groups in total. The van der Waals surface area contributed by atoms with E-state index in [1.807, 2.05) is 23.1 Å². The number of rotatable bonds is 5. The van der Waals surface area contributed by atoms with Crippen LogP contribution in [0.1, 0.15) is 37.8 Å². The van der Waals surface area contributed by atoms with E-state index in [1.165, 1.54) is 5.56 Å². The van der Waals surface area contributed by atoms with Crippen LogP contribution in [-0.4, -0.2) is 43.0 Å². The van der Waals surface area contributed by atoms with E-state index >= 15 is 0 Å². The highest BCUT2D eigenvalue weighted by Crippen LogP contribution is 2.24. The van der Waals surface area contributed by atoms with Gasteiger partial charge in [-0.1, -0.05) is 37.3 Å². The lowest BCUT2D eigenvalue weighted by Crippen LogP contribution is -2.49. The Kier molecular flexibility index (Phi) is 7.49. The van der Waals surface area contributed by atoms with Crippen molar-refractivity contribution in [2.24, 2.45) is 5.92 Å². The minimum atomic E-state index is -0.106. The number of piperidine rings is 1. The van der Waals surface area contributed by atoms with E-state index in [9.17, 15) is 4.79 Å². The fourth-order valence-electron chi connectivity index (χ4n) is 3.55. The molecular formula is C18H29ClN4O. The molecule has 0 saturated carbocycles. The van der Waals surface area contributed by atoms with Crippen molar-refractivity contribution in [1.82, 2.24) is 21.1 Å². The average Bonchev–Trinajstić information content (AvgIpc) is 3.11. The molecule has 2 aliphatic heterocycles. The summed E-state index contributed by atoms with van der Waals surface area (Å²) in [6.07, 6.45) is 3.04. The second-order valence-corrected chi connectivity index (χ2v) is 6.62. The first-order chi connectivity index (χ1) is 11.3. The van der Waals surface area contributed by atoms with Gasteiger partial charge in [0.1, 0.15) is 6.04 Å². The van der Waals surface area contributed by atoms with E-state index in [4.69, 9.17) is 0 Å². The minimum Gasteiger partial charge on any atom is -0.341 e. The van der Waals surface area contributed by atoms with Crippen LogP contribution in [0.3, 0.4) is 0 Å². The first kappa shape index (κ1) is 19.2. The Balaban J connectivity index is 0.00000208. The lowest BCUT2D eigenvalue weighted by atomic mass is 9.95. The SMILES string of the molecule is CCNCC1CCN(C(=O)C2CC(c3ccccc3)NN2)CC1.Cl. The van der Waals surface area contributed by atoms with Crippen molar-refractivity contribution < 1.29 is 4.79 Å². The Labute approximate surface area is 150 Å². The van der Waals surface area contributed by atoms with Crippen LogP contribution in [0.4, 0.5) is 0 Å². The topological polar surface area (TPSA) is 56.4 Å². The van der Waals surface area contributed by atoms with E-state index in [0.717, 1.165) is 45.4 Å². The second-order valence-electron chi connectivity index (χ2n) is 6.62. The third kappa shape index (κ3) is 4.70. The molecule has 3 rings (SSSR count). The van der Waals surface area contributed by atoms with Gasteiger partial charge in [0.25, 0.3) is 0 Å². The number of carbonyl (C=O) groups excluding carboxylic acids is 1. The highest BCUT2D eigenvalue weighted by molar-refractivity contribution is 5.85. The molecular weight excluding hydrogens is 324 g/mol. The van der Waals surface area contributed by atoms with Crippen molar-refractivity contribution in [2.45, 2.75) is 38.3 Å². The van der Waals surface area contributed by atoms with Gasteiger partial charge in [0.05, 0.1) is 0 Å². The molecule has 6 heteroatoms. The summed E-state index contributed by atoms with van der Waals surface area (Å²) in [6, 6.07) is 10.4. The van der Waals surface area contributed by atoms with E-state index in [2.05, 4.69) is 35.2 Å². The van der Waals surface area contributed by atoms with Gasteiger partial charge in [0.15, 0.2) is 0 Å². The Morgan fingerprint density at radius 2 is 1.92 bits per heavy atom. The summed E-state index contributed by atoms with van der Waals surface area (Å²) in [5, 5.41) is 3.42. The molecule has 0 aromatic heterocycles.